The maximum absolute atomic E-state index is 3.83. The zero-order chi connectivity index (χ0) is 9.97. The average Bonchev–Trinajstić information content (AvgIpc) is 2.66. The number of nitrogens with one attached hydrogen (secondary N) is 1. The van der Waals surface area contributed by atoms with Crippen LogP contribution in [0.3, 0.4) is 0 Å². The van der Waals surface area contributed by atoms with Gasteiger partial charge in [-0.05, 0) is 36.3 Å². The summed E-state index contributed by atoms with van der Waals surface area (Å²) >= 11 is 1.25. The van der Waals surface area contributed by atoms with Crippen molar-refractivity contribution in [3.8, 4) is 0 Å². The minimum Gasteiger partial charge on any atom is -0.329 e. The van der Waals surface area contributed by atoms with Gasteiger partial charge in [-0.2, -0.15) is 0 Å². The van der Waals surface area contributed by atoms with Crippen LogP contribution in [0.5, 0.6) is 0 Å². The molecule has 0 radical (unpaired) electrons. The molecule has 72 valence electrons. The van der Waals surface area contributed by atoms with Gasteiger partial charge in [0.25, 0.3) is 0 Å². The maximum atomic E-state index is 3.83. The lowest BCUT2D eigenvalue weighted by atomic mass is 10.1. The monoisotopic (exact) mass is 206 g/mol. The summed E-state index contributed by atoms with van der Waals surface area (Å²) in [5.41, 5.74) is 3.54. The number of anilines is 2. The summed E-state index contributed by atoms with van der Waals surface area (Å²) in [6.45, 7) is 4.16. The van der Waals surface area contributed by atoms with Gasteiger partial charge in [0, 0.05) is 17.2 Å². The Hall–Kier alpha value is -1.49. The van der Waals surface area contributed by atoms with Crippen LogP contribution in [0.4, 0.5) is 10.8 Å². The first kappa shape index (κ1) is 9.08. The van der Waals surface area contributed by atoms with Crippen LogP contribution in [0.2, 0.25) is 0 Å². The van der Waals surface area contributed by atoms with Gasteiger partial charge in [0.1, 0.15) is 0 Å². The molecule has 1 N–H and O–H groups in total. The molecule has 0 unspecified atom stereocenters. The van der Waals surface area contributed by atoms with E-state index < -0.39 is 0 Å². The van der Waals surface area contributed by atoms with Crippen LogP contribution in [-0.2, 0) is 0 Å². The fourth-order valence-electron chi connectivity index (χ4n) is 1.18. The molecule has 2 aromatic rings. The number of hydrogen-bond acceptors (Lipinski definition) is 5. The molecular formula is C9H10N4S. The zero-order valence-electron chi connectivity index (χ0n) is 7.98. The quantitative estimate of drug-likeness (QED) is 0.819. The van der Waals surface area contributed by atoms with Gasteiger partial charge in [0.15, 0.2) is 0 Å². The Morgan fingerprint density at radius 3 is 2.86 bits per heavy atom. The van der Waals surface area contributed by atoms with Crippen LogP contribution >= 0.6 is 11.5 Å². The molecule has 0 saturated heterocycles. The van der Waals surface area contributed by atoms with E-state index >= 15 is 0 Å². The van der Waals surface area contributed by atoms with Crippen LogP contribution in [0.1, 0.15) is 11.1 Å². The second-order valence-corrected chi connectivity index (χ2v) is 3.77. The van der Waals surface area contributed by atoms with E-state index in [1.54, 1.807) is 0 Å². The molecule has 1 aromatic carbocycles. The fourth-order valence-corrected chi connectivity index (χ4v) is 1.56. The van der Waals surface area contributed by atoms with Gasteiger partial charge in [0.05, 0.1) is 0 Å². The van der Waals surface area contributed by atoms with E-state index in [2.05, 4.69) is 40.0 Å². The first-order chi connectivity index (χ1) is 6.77. The topological polar surface area (TPSA) is 50.7 Å². The van der Waals surface area contributed by atoms with Gasteiger partial charge in [-0.1, -0.05) is 21.7 Å². The molecule has 1 aromatic heterocycles. The molecule has 0 amide bonds. The van der Waals surface area contributed by atoms with E-state index in [-0.39, 0.29) is 0 Å². The summed E-state index contributed by atoms with van der Waals surface area (Å²) in [4.78, 5) is 0. The third-order valence-corrected chi connectivity index (χ3v) is 2.66. The van der Waals surface area contributed by atoms with Gasteiger partial charge in [0.2, 0.25) is 5.13 Å². The summed E-state index contributed by atoms with van der Waals surface area (Å²) in [6, 6.07) is 6.11. The zero-order valence-corrected chi connectivity index (χ0v) is 8.80. The number of benzene rings is 1. The van der Waals surface area contributed by atoms with Crippen LogP contribution < -0.4 is 5.32 Å². The van der Waals surface area contributed by atoms with E-state index in [4.69, 9.17) is 0 Å². The Labute approximate surface area is 86.1 Å². The molecule has 2 rings (SSSR count). The second kappa shape index (κ2) is 3.71. The SMILES string of the molecule is Cc1cccc(Nc2nnns2)c1C. The van der Waals surface area contributed by atoms with E-state index in [9.17, 15) is 0 Å². The summed E-state index contributed by atoms with van der Waals surface area (Å²) in [7, 11) is 0. The van der Waals surface area contributed by atoms with Gasteiger partial charge < -0.3 is 5.32 Å². The number of rotatable bonds is 2. The van der Waals surface area contributed by atoms with Gasteiger partial charge >= 0.3 is 0 Å². The number of nitrogens with zero attached hydrogens (tertiary/aromatic N) is 3. The number of aromatic nitrogens is 3. The lowest BCUT2D eigenvalue weighted by molar-refractivity contribution is 0.961. The van der Waals surface area contributed by atoms with Crippen molar-refractivity contribution in [1.82, 2.24) is 14.8 Å². The molecule has 0 aliphatic rings. The van der Waals surface area contributed by atoms with Crippen molar-refractivity contribution in [3.63, 3.8) is 0 Å². The van der Waals surface area contributed by atoms with E-state index in [1.165, 1.54) is 22.7 Å². The van der Waals surface area contributed by atoms with Crippen LogP contribution in [-0.4, -0.2) is 14.8 Å². The summed E-state index contributed by atoms with van der Waals surface area (Å²) in [5.74, 6) is 0. The van der Waals surface area contributed by atoms with Gasteiger partial charge in [-0.25, -0.2) is 0 Å². The van der Waals surface area contributed by atoms with Gasteiger partial charge in [-0.3, -0.25) is 0 Å². The Balaban J connectivity index is 2.29. The first-order valence-electron chi connectivity index (χ1n) is 4.25. The molecule has 0 aliphatic heterocycles. The molecule has 0 aliphatic carbocycles. The van der Waals surface area contributed by atoms with Crippen molar-refractivity contribution in [2.75, 3.05) is 5.32 Å². The molecule has 5 heteroatoms. The minimum absolute atomic E-state index is 0.721. The molecule has 0 atom stereocenters. The van der Waals surface area contributed by atoms with E-state index in [1.807, 2.05) is 12.1 Å². The molecule has 0 spiro atoms. The van der Waals surface area contributed by atoms with Crippen molar-refractivity contribution >= 4 is 22.4 Å². The molecule has 4 nitrogen and oxygen atoms in total. The van der Waals surface area contributed by atoms with Crippen molar-refractivity contribution < 1.29 is 0 Å². The first-order valence-corrected chi connectivity index (χ1v) is 5.03. The van der Waals surface area contributed by atoms with E-state index in [0.717, 1.165) is 10.8 Å². The van der Waals surface area contributed by atoms with Crippen molar-refractivity contribution in [2.24, 2.45) is 0 Å². The predicted molar refractivity (Wildman–Crippen MR) is 56.9 cm³/mol. The summed E-state index contributed by atoms with van der Waals surface area (Å²) in [5, 5.41) is 11.3. The molecule has 0 bridgehead atoms. The third-order valence-electron chi connectivity index (χ3n) is 2.15. The predicted octanol–water partition coefficient (Wildman–Crippen LogP) is 2.29. The lowest BCUT2D eigenvalue weighted by Crippen LogP contribution is -1.94. The Bertz CT molecular complexity index is 424. The van der Waals surface area contributed by atoms with Crippen molar-refractivity contribution in [3.05, 3.63) is 29.3 Å². The highest BCUT2D eigenvalue weighted by atomic mass is 32.1. The maximum Gasteiger partial charge on any atom is 0.229 e. The highest BCUT2D eigenvalue weighted by Gasteiger charge is 2.02. The largest absolute Gasteiger partial charge is 0.329 e. The van der Waals surface area contributed by atoms with Gasteiger partial charge in [-0.15, -0.1) is 0 Å². The smallest absolute Gasteiger partial charge is 0.229 e. The van der Waals surface area contributed by atoms with Crippen LogP contribution in [0, 0.1) is 13.8 Å². The number of aryl methyl sites for hydroxylation is 1. The van der Waals surface area contributed by atoms with E-state index in [0.29, 0.717) is 0 Å². The highest BCUT2D eigenvalue weighted by Crippen LogP contribution is 2.22. The number of hydrogen-bond donors (Lipinski definition) is 1. The summed E-state index contributed by atoms with van der Waals surface area (Å²) in [6.07, 6.45) is 0. The average molecular weight is 206 g/mol. The van der Waals surface area contributed by atoms with Crippen LogP contribution in [0.15, 0.2) is 18.2 Å². The Morgan fingerprint density at radius 2 is 2.14 bits per heavy atom. The van der Waals surface area contributed by atoms with Crippen molar-refractivity contribution in [1.29, 1.82) is 0 Å². The lowest BCUT2D eigenvalue weighted by Gasteiger charge is -2.07. The summed E-state index contributed by atoms with van der Waals surface area (Å²) < 4.78 is 3.69. The standard InChI is InChI=1S/C9H10N4S/c1-6-4-3-5-8(7(6)2)10-9-11-12-13-14-9/h3-5H,1-2H3,(H,10,11,13). The molecule has 0 fully saturated rings. The van der Waals surface area contributed by atoms with Crippen LogP contribution in [0.25, 0.3) is 0 Å². The third kappa shape index (κ3) is 1.72. The normalized spacial score (nSPS) is 10.1. The van der Waals surface area contributed by atoms with Crippen molar-refractivity contribution in [2.45, 2.75) is 13.8 Å². The Kier molecular flexibility index (Phi) is 2.41. The molecule has 0 saturated carbocycles. The minimum atomic E-state index is 0.721. The fraction of sp³-hybridized carbons (Fsp3) is 0.222. The second-order valence-electron chi connectivity index (χ2n) is 3.04. The molecular weight excluding hydrogens is 196 g/mol. The molecule has 1 heterocycles. The Morgan fingerprint density at radius 1 is 1.29 bits per heavy atom. The molecule has 14 heavy (non-hydrogen) atoms. The highest BCUT2D eigenvalue weighted by molar-refractivity contribution is 7.09.